The largest absolute Gasteiger partial charge is 0.503 e. The molecule has 0 atom stereocenters. The van der Waals surface area contributed by atoms with E-state index in [0.717, 1.165) is 17.8 Å². The first-order valence-corrected chi connectivity index (χ1v) is 11.0. The number of nitrogens with zero attached hydrogens (tertiary/aromatic N) is 4. The second-order valence-electron chi connectivity index (χ2n) is 7.09. The molecule has 2 heterocycles. The minimum Gasteiger partial charge on any atom is -0.503 e. The van der Waals surface area contributed by atoms with Gasteiger partial charge in [-0.1, -0.05) is 18.3 Å². The number of terminal acetylenes is 1. The fourth-order valence-corrected chi connectivity index (χ4v) is 4.13. The molecule has 0 aliphatic heterocycles. The third kappa shape index (κ3) is 5.46. The molecular formula is C23H23F3N4O3S. The van der Waals surface area contributed by atoms with E-state index in [1.165, 1.54) is 22.7 Å². The van der Waals surface area contributed by atoms with Crippen LogP contribution in [0.1, 0.15) is 41.3 Å². The smallest absolute Gasteiger partial charge is 0.274 e. The number of rotatable bonds is 7. The van der Waals surface area contributed by atoms with Crippen LogP contribution in [-0.2, 0) is 13.5 Å². The first-order valence-electron chi connectivity index (χ1n) is 10.2. The molecule has 2 aromatic heterocycles. The Morgan fingerprint density at radius 3 is 2.35 bits per heavy atom. The van der Waals surface area contributed by atoms with E-state index in [1.54, 1.807) is 6.92 Å². The van der Waals surface area contributed by atoms with E-state index in [4.69, 9.17) is 0 Å². The SMILES string of the molecule is C#C.CCCN(CC)C(=O)c1c(O)c(=O)c(-c2nnc(Cc3c(F)cc(F)cc3F)s2)cn1C. The zero-order chi connectivity index (χ0) is 25.6. The van der Waals surface area contributed by atoms with Crippen molar-refractivity contribution in [1.82, 2.24) is 19.7 Å². The topological polar surface area (TPSA) is 88.3 Å². The van der Waals surface area contributed by atoms with Gasteiger partial charge in [-0.15, -0.1) is 23.0 Å². The Kier molecular flexibility index (Phi) is 8.97. The predicted octanol–water partition coefficient (Wildman–Crippen LogP) is 3.74. The fraction of sp³-hybridized carbons (Fsp3) is 0.304. The lowest BCUT2D eigenvalue weighted by molar-refractivity contribution is 0.0750. The van der Waals surface area contributed by atoms with Crippen LogP contribution in [0.3, 0.4) is 0 Å². The summed E-state index contributed by atoms with van der Waals surface area (Å²) >= 11 is 0.898. The van der Waals surface area contributed by atoms with Crippen LogP contribution >= 0.6 is 11.3 Å². The molecule has 1 aromatic carbocycles. The molecule has 1 N–H and O–H groups in total. The van der Waals surface area contributed by atoms with Crippen molar-refractivity contribution >= 4 is 17.2 Å². The highest BCUT2D eigenvalue weighted by Crippen LogP contribution is 2.27. The molecule has 180 valence electrons. The lowest BCUT2D eigenvalue weighted by atomic mass is 10.1. The van der Waals surface area contributed by atoms with Gasteiger partial charge in [0.15, 0.2) is 16.5 Å². The van der Waals surface area contributed by atoms with Gasteiger partial charge in [0.2, 0.25) is 5.43 Å². The number of amides is 1. The van der Waals surface area contributed by atoms with Gasteiger partial charge in [-0.25, -0.2) is 13.2 Å². The van der Waals surface area contributed by atoms with Gasteiger partial charge in [0.1, 0.15) is 22.5 Å². The van der Waals surface area contributed by atoms with Crippen LogP contribution in [0, 0.1) is 30.3 Å². The standard InChI is InChI=1S/C21H21F3N4O3S.C2H2/c1-4-6-28(5-2)21(31)17-19(30)18(29)13(10-27(17)3)20-26-25-16(32-20)9-12-14(23)7-11(22)8-15(12)24;1-2/h7-8,10,30H,4-6,9H2,1-3H3;1-2H. The van der Waals surface area contributed by atoms with Gasteiger partial charge in [0, 0.05) is 50.5 Å². The number of hydrogen-bond donors (Lipinski definition) is 1. The molecule has 3 rings (SSSR count). The van der Waals surface area contributed by atoms with Crippen molar-refractivity contribution in [2.24, 2.45) is 7.05 Å². The van der Waals surface area contributed by atoms with Gasteiger partial charge in [-0.2, -0.15) is 0 Å². The molecule has 0 aliphatic carbocycles. The van der Waals surface area contributed by atoms with Gasteiger partial charge in [-0.05, 0) is 13.3 Å². The highest BCUT2D eigenvalue weighted by atomic mass is 32.1. The lowest BCUT2D eigenvalue weighted by Gasteiger charge is -2.22. The first-order chi connectivity index (χ1) is 16.2. The number of aromatic nitrogens is 3. The summed E-state index contributed by atoms with van der Waals surface area (Å²) in [7, 11) is 1.51. The van der Waals surface area contributed by atoms with Crippen LogP contribution in [0.15, 0.2) is 23.1 Å². The monoisotopic (exact) mass is 492 g/mol. The van der Waals surface area contributed by atoms with Crippen molar-refractivity contribution in [3.05, 3.63) is 62.3 Å². The molecular weight excluding hydrogens is 469 g/mol. The van der Waals surface area contributed by atoms with E-state index < -0.39 is 34.5 Å². The molecule has 0 fully saturated rings. The highest BCUT2D eigenvalue weighted by molar-refractivity contribution is 7.14. The van der Waals surface area contributed by atoms with Crippen LogP contribution < -0.4 is 5.43 Å². The summed E-state index contributed by atoms with van der Waals surface area (Å²) in [6.45, 7) is 4.60. The van der Waals surface area contributed by atoms with E-state index >= 15 is 0 Å². The molecule has 0 unspecified atom stereocenters. The average molecular weight is 493 g/mol. The minimum atomic E-state index is -1.05. The van der Waals surface area contributed by atoms with Crippen molar-refractivity contribution in [3.8, 4) is 29.2 Å². The maximum Gasteiger partial charge on any atom is 0.274 e. The van der Waals surface area contributed by atoms with Crippen LogP contribution in [0.5, 0.6) is 5.75 Å². The summed E-state index contributed by atoms with van der Waals surface area (Å²) in [4.78, 5) is 27.1. The lowest BCUT2D eigenvalue weighted by Crippen LogP contribution is -2.34. The van der Waals surface area contributed by atoms with Crippen LogP contribution in [0.4, 0.5) is 13.2 Å². The highest BCUT2D eigenvalue weighted by Gasteiger charge is 2.25. The normalized spacial score (nSPS) is 10.5. The number of carbonyl (C=O) groups excluding carboxylic acids is 1. The fourth-order valence-electron chi connectivity index (χ4n) is 3.27. The number of aromatic hydroxyl groups is 1. The molecule has 7 nitrogen and oxygen atoms in total. The van der Waals surface area contributed by atoms with E-state index in [2.05, 4.69) is 23.0 Å². The minimum absolute atomic E-state index is 0.0103. The van der Waals surface area contributed by atoms with E-state index in [9.17, 15) is 27.9 Å². The summed E-state index contributed by atoms with van der Waals surface area (Å²) in [6.07, 6.45) is 9.79. The number of aryl methyl sites for hydroxylation is 1. The maximum absolute atomic E-state index is 13.9. The Labute approximate surface area is 198 Å². The van der Waals surface area contributed by atoms with Crippen molar-refractivity contribution in [2.45, 2.75) is 26.7 Å². The van der Waals surface area contributed by atoms with E-state index in [1.807, 2.05) is 6.92 Å². The summed E-state index contributed by atoms with van der Waals surface area (Å²) in [5.74, 6) is -4.32. The van der Waals surface area contributed by atoms with Gasteiger partial charge < -0.3 is 14.6 Å². The second-order valence-corrected chi connectivity index (χ2v) is 8.15. The molecule has 0 saturated heterocycles. The molecule has 0 saturated carbocycles. The zero-order valence-electron chi connectivity index (χ0n) is 18.8. The van der Waals surface area contributed by atoms with E-state index in [-0.39, 0.29) is 33.3 Å². The van der Waals surface area contributed by atoms with Crippen molar-refractivity contribution in [2.75, 3.05) is 13.1 Å². The predicted molar refractivity (Wildman–Crippen MR) is 123 cm³/mol. The number of pyridine rings is 1. The van der Waals surface area contributed by atoms with Crippen molar-refractivity contribution in [1.29, 1.82) is 0 Å². The molecule has 0 aliphatic rings. The Hall–Kier alpha value is -3.65. The molecule has 3 aromatic rings. The van der Waals surface area contributed by atoms with Crippen molar-refractivity contribution in [3.63, 3.8) is 0 Å². The summed E-state index contributed by atoms with van der Waals surface area (Å²) in [6, 6.07) is 1.14. The summed E-state index contributed by atoms with van der Waals surface area (Å²) in [5.41, 5.74) is -1.33. The van der Waals surface area contributed by atoms with E-state index in [0.29, 0.717) is 25.2 Å². The number of benzene rings is 1. The molecule has 0 radical (unpaired) electrons. The quantitative estimate of drug-likeness (QED) is 0.508. The Bertz CT molecular complexity index is 1250. The number of carbonyl (C=O) groups is 1. The van der Waals surface area contributed by atoms with Gasteiger partial charge in [0.05, 0.1) is 5.56 Å². The summed E-state index contributed by atoms with van der Waals surface area (Å²) < 4.78 is 42.3. The Morgan fingerprint density at radius 1 is 1.18 bits per heavy atom. The Balaban J connectivity index is 0.00000199. The van der Waals surface area contributed by atoms with Crippen molar-refractivity contribution < 1.29 is 23.1 Å². The third-order valence-corrected chi connectivity index (χ3v) is 5.81. The number of hydrogen-bond acceptors (Lipinski definition) is 6. The Morgan fingerprint density at radius 2 is 1.79 bits per heavy atom. The maximum atomic E-state index is 13.9. The van der Waals surface area contributed by atoms with Crippen LogP contribution in [-0.4, -0.2) is 43.8 Å². The van der Waals surface area contributed by atoms with Gasteiger partial charge in [-0.3, -0.25) is 9.59 Å². The van der Waals surface area contributed by atoms with Gasteiger partial charge in [0.25, 0.3) is 5.91 Å². The number of halogens is 3. The molecule has 0 bridgehead atoms. The second kappa shape index (κ2) is 11.5. The first kappa shape index (κ1) is 26.6. The average Bonchev–Trinajstić information content (AvgIpc) is 3.26. The zero-order valence-corrected chi connectivity index (χ0v) is 19.6. The molecule has 0 spiro atoms. The molecule has 34 heavy (non-hydrogen) atoms. The third-order valence-electron chi connectivity index (χ3n) is 4.86. The molecule has 11 heteroatoms. The van der Waals surface area contributed by atoms with Crippen LogP contribution in [0.2, 0.25) is 0 Å². The molecule has 1 amide bonds. The summed E-state index contributed by atoms with van der Waals surface area (Å²) in [5, 5.41) is 18.5. The van der Waals surface area contributed by atoms with Crippen LogP contribution in [0.25, 0.3) is 10.6 Å². The van der Waals surface area contributed by atoms with Gasteiger partial charge >= 0.3 is 0 Å².